The molecule has 7 nitrogen and oxygen atoms in total. The molecule has 0 spiro atoms. The van der Waals surface area contributed by atoms with Gasteiger partial charge in [0.15, 0.2) is 0 Å². The first-order valence-electron chi connectivity index (χ1n) is 10.6. The standard InChI is InChI=1S/C23H31ClN2O5S/c1-29-21-5-8-23(30-2)20(17-21)18-26(12-11-25-13-15-31-16-14-25)32(27,28)22-6-3-19(4-7-22)9-10-24/h3-8,17H,9-16,18H2,1-2H3. The van der Waals surface area contributed by atoms with Crippen molar-refractivity contribution in [2.45, 2.75) is 17.9 Å². The van der Waals surface area contributed by atoms with Crippen molar-refractivity contribution in [2.75, 3.05) is 59.5 Å². The van der Waals surface area contributed by atoms with E-state index in [0.717, 1.165) is 24.2 Å². The highest BCUT2D eigenvalue weighted by atomic mass is 35.5. The molecule has 2 aromatic carbocycles. The Kier molecular flexibility index (Phi) is 9.19. The molecule has 0 bridgehead atoms. The quantitative estimate of drug-likeness (QED) is 0.459. The van der Waals surface area contributed by atoms with Crippen LogP contribution in [0.3, 0.4) is 0 Å². The fraction of sp³-hybridized carbons (Fsp3) is 0.478. The zero-order valence-corrected chi connectivity index (χ0v) is 20.2. The smallest absolute Gasteiger partial charge is 0.243 e. The molecule has 0 radical (unpaired) electrons. The van der Waals surface area contributed by atoms with Gasteiger partial charge in [0.1, 0.15) is 11.5 Å². The van der Waals surface area contributed by atoms with Crippen molar-refractivity contribution in [3.8, 4) is 11.5 Å². The monoisotopic (exact) mass is 482 g/mol. The van der Waals surface area contributed by atoms with Crippen molar-refractivity contribution < 1.29 is 22.6 Å². The highest BCUT2D eigenvalue weighted by molar-refractivity contribution is 7.89. The topological polar surface area (TPSA) is 68.3 Å². The van der Waals surface area contributed by atoms with Crippen LogP contribution in [-0.4, -0.2) is 77.1 Å². The van der Waals surface area contributed by atoms with Crippen molar-refractivity contribution >= 4 is 21.6 Å². The van der Waals surface area contributed by atoms with Crippen LogP contribution in [0, 0.1) is 0 Å². The van der Waals surface area contributed by atoms with E-state index in [1.807, 2.05) is 18.2 Å². The van der Waals surface area contributed by atoms with E-state index in [0.29, 0.717) is 50.1 Å². The minimum Gasteiger partial charge on any atom is -0.497 e. The summed E-state index contributed by atoms with van der Waals surface area (Å²) in [6, 6.07) is 12.4. The molecular formula is C23H31ClN2O5S. The van der Waals surface area contributed by atoms with Gasteiger partial charge in [-0.2, -0.15) is 4.31 Å². The lowest BCUT2D eigenvalue weighted by Crippen LogP contribution is -2.42. The molecule has 0 aliphatic carbocycles. The van der Waals surface area contributed by atoms with E-state index in [1.54, 1.807) is 38.5 Å². The van der Waals surface area contributed by atoms with E-state index < -0.39 is 10.0 Å². The third kappa shape index (κ3) is 6.36. The van der Waals surface area contributed by atoms with Gasteiger partial charge in [0.05, 0.1) is 32.3 Å². The molecule has 1 fully saturated rings. The summed E-state index contributed by atoms with van der Waals surface area (Å²) in [6.07, 6.45) is 0.698. The Morgan fingerprint density at radius 2 is 1.78 bits per heavy atom. The first-order chi connectivity index (χ1) is 15.5. The predicted octanol–water partition coefficient (Wildman–Crippen LogP) is 3.01. The summed E-state index contributed by atoms with van der Waals surface area (Å²) in [4.78, 5) is 2.48. The van der Waals surface area contributed by atoms with Crippen LogP contribution < -0.4 is 9.47 Å². The van der Waals surface area contributed by atoms with Gasteiger partial charge in [-0.15, -0.1) is 11.6 Å². The number of ether oxygens (including phenoxy) is 3. The van der Waals surface area contributed by atoms with Crippen LogP contribution in [-0.2, 0) is 27.7 Å². The zero-order valence-electron chi connectivity index (χ0n) is 18.6. The third-order valence-electron chi connectivity index (χ3n) is 5.55. The zero-order chi connectivity index (χ0) is 23.0. The molecule has 1 aliphatic heterocycles. The lowest BCUT2D eigenvalue weighted by molar-refractivity contribution is 0.0361. The molecule has 3 rings (SSSR count). The van der Waals surface area contributed by atoms with Gasteiger partial charge in [-0.1, -0.05) is 12.1 Å². The molecule has 1 saturated heterocycles. The maximum Gasteiger partial charge on any atom is 0.243 e. The number of hydrogen-bond acceptors (Lipinski definition) is 6. The number of halogens is 1. The Bertz CT molecular complexity index is 963. The first kappa shape index (κ1) is 24.8. The summed E-state index contributed by atoms with van der Waals surface area (Å²) in [7, 11) is -0.569. The fourth-order valence-corrected chi connectivity index (χ4v) is 5.27. The minimum absolute atomic E-state index is 0.177. The second-order valence-corrected chi connectivity index (χ2v) is 9.87. The Morgan fingerprint density at radius 1 is 1.06 bits per heavy atom. The molecule has 0 unspecified atom stereocenters. The second kappa shape index (κ2) is 11.9. The van der Waals surface area contributed by atoms with Gasteiger partial charge in [-0.3, -0.25) is 4.90 Å². The van der Waals surface area contributed by atoms with Crippen molar-refractivity contribution in [3.05, 3.63) is 53.6 Å². The number of nitrogens with zero attached hydrogens (tertiary/aromatic N) is 2. The number of rotatable bonds is 11. The van der Waals surface area contributed by atoms with Gasteiger partial charge in [-0.25, -0.2) is 8.42 Å². The Morgan fingerprint density at radius 3 is 2.41 bits per heavy atom. The Labute approximate surface area is 195 Å². The Hall–Kier alpha value is -1.84. The lowest BCUT2D eigenvalue weighted by Gasteiger charge is -2.30. The molecule has 0 atom stereocenters. The summed E-state index contributed by atoms with van der Waals surface area (Å²) in [6.45, 7) is 4.08. The molecule has 9 heteroatoms. The van der Waals surface area contributed by atoms with Gasteiger partial charge in [0.2, 0.25) is 10.0 Å². The second-order valence-electron chi connectivity index (χ2n) is 7.55. The molecule has 2 aromatic rings. The molecule has 0 aromatic heterocycles. The predicted molar refractivity (Wildman–Crippen MR) is 125 cm³/mol. The normalized spacial score (nSPS) is 15.1. The lowest BCUT2D eigenvalue weighted by atomic mass is 10.2. The van der Waals surface area contributed by atoms with Crippen LogP contribution in [0.25, 0.3) is 0 Å². The van der Waals surface area contributed by atoms with E-state index >= 15 is 0 Å². The summed E-state index contributed by atoms with van der Waals surface area (Å²) in [5.41, 5.74) is 1.75. The summed E-state index contributed by atoms with van der Waals surface area (Å²) < 4.78 is 45.0. The van der Waals surface area contributed by atoms with Gasteiger partial charge in [0, 0.05) is 44.2 Å². The first-order valence-corrected chi connectivity index (χ1v) is 12.6. The van der Waals surface area contributed by atoms with Crippen LogP contribution in [0.1, 0.15) is 11.1 Å². The minimum atomic E-state index is -3.73. The number of methoxy groups -OCH3 is 2. The van der Waals surface area contributed by atoms with E-state index in [4.69, 9.17) is 25.8 Å². The van der Waals surface area contributed by atoms with Crippen molar-refractivity contribution in [1.29, 1.82) is 0 Å². The number of aryl methyl sites for hydroxylation is 1. The van der Waals surface area contributed by atoms with Crippen LogP contribution >= 0.6 is 11.6 Å². The fourth-order valence-electron chi connectivity index (χ4n) is 3.64. The summed E-state index contributed by atoms with van der Waals surface area (Å²) in [5, 5.41) is 0. The molecule has 32 heavy (non-hydrogen) atoms. The van der Waals surface area contributed by atoms with Crippen LogP contribution in [0.5, 0.6) is 11.5 Å². The van der Waals surface area contributed by atoms with Crippen LogP contribution in [0.4, 0.5) is 0 Å². The molecule has 0 saturated carbocycles. The van der Waals surface area contributed by atoms with Crippen molar-refractivity contribution in [3.63, 3.8) is 0 Å². The van der Waals surface area contributed by atoms with E-state index in [1.165, 1.54) is 4.31 Å². The number of benzene rings is 2. The van der Waals surface area contributed by atoms with E-state index in [-0.39, 0.29) is 11.4 Å². The largest absolute Gasteiger partial charge is 0.497 e. The van der Waals surface area contributed by atoms with Crippen LogP contribution in [0.15, 0.2) is 47.4 Å². The molecule has 1 aliphatic rings. The van der Waals surface area contributed by atoms with Gasteiger partial charge >= 0.3 is 0 Å². The molecule has 0 amide bonds. The van der Waals surface area contributed by atoms with Crippen molar-refractivity contribution in [1.82, 2.24) is 9.21 Å². The highest BCUT2D eigenvalue weighted by Gasteiger charge is 2.27. The van der Waals surface area contributed by atoms with Crippen molar-refractivity contribution in [2.24, 2.45) is 0 Å². The number of sulfonamides is 1. The summed E-state index contributed by atoms with van der Waals surface area (Å²) >= 11 is 5.81. The summed E-state index contributed by atoms with van der Waals surface area (Å²) in [5.74, 6) is 1.76. The average molecular weight is 483 g/mol. The molecule has 0 N–H and O–H groups in total. The van der Waals surface area contributed by atoms with Gasteiger partial charge < -0.3 is 14.2 Å². The van der Waals surface area contributed by atoms with Gasteiger partial charge in [-0.05, 0) is 42.3 Å². The SMILES string of the molecule is COc1ccc(OC)c(CN(CCN2CCOCC2)S(=O)(=O)c2ccc(CCCl)cc2)c1. The molecule has 176 valence electrons. The average Bonchev–Trinajstić information content (AvgIpc) is 2.82. The number of alkyl halides is 1. The van der Waals surface area contributed by atoms with Crippen LogP contribution in [0.2, 0.25) is 0 Å². The van der Waals surface area contributed by atoms with E-state index in [9.17, 15) is 8.42 Å². The molecular weight excluding hydrogens is 452 g/mol. The van der Waals surface area contributed by atoms with Gasteiger partial charge in [0.25, 0.3) is 0 Å². The third-order valence-corrected chi connectivity index (χ3v) is 7.60. The maximum absolute atomic E-state index is 13.6. The number of morpholine rings is 1. The van der Waals surface area contributed by atoms with E-state index in [2.05, 4.69) is 4.90 Å². The maximum atomic E-state index is 13.6. The highest BCUT2D eigenvalue weighted by Crippen LogP contribution is 2.28. The number of hydrogen-bond donors (Lipinski definition) is 0. The Balaban J connectivity index is 1.88. The molecule has 1 heterocycles.